The quantitative estimate of drug-likeness (QED) is 0.770. The predicted octanol–water partition coefficient (Wildman–Crippen LogP) is 3.60. The van der Waals surface area contributed by atoms with Crippen LogP contribution < -0.4 is 15.0 Å². The van der Waals surface area contributed by atoms with Crippen LogP contribution in [0.4, 0.5) is 5.69 Å². The third-order valence-corrected chi connectivity index (χ3v) is 6.54. The van der Waals surface area contributed by atoms with E-state index in [1.165, 1.54) is 0 Å². The third-order valence-electron chi connectivity index (χ3n) is 6.28. The second-order valence-corrected chi connectivity index (χ2v) is 8.57. The summed E-state index contributed by atoms with van der Waals surface area (Å²) in [5.74, 6) is 0.584. The lowest BCUT2D eigenvalue weighted by Gasteiger charge is -2.38. The lowest BCUT2D eigenvalue weighted by atomic mass is 10.0. The second kappa shape index (κ2) is 9.60. The van der Waals surface area contributed by atoms with E-state index in [9.17, 15) is 9.59 Å². The van der Waals surface area contributed by atoms with Crippen LogP contribution in [0, 0.1) is 5.92 Å². The van der Waals surface area contributed by atoms with Crippen molar-refractivity contribution < 1.29 is 14.3 Å². The highest BCUT2D eigenvalue weighted by Gasteiger charge is 2.37. The standard InChI is InChI=1S/C24H28ClN3O3/c1-31-20-11-5-17(6-12-20)23(29)26-22-4-2-3-21(22)24(30)28-15-13-27(14-16-28)19-9-7-18(25)8-10-19/h5-12,21-22H,2-4,13-16H2,1H3,(H,26,29)/t21-,22+/m0/s1. The molecule has 0 unspecified atom stereocenters. The Morgan fingerprint density at radius 1 is 0.968 bits per heavy atom. The summed E-state index contributed by atoms with van der Waals surface area (Å²) in [6.07, 6.45) is 2.61. The van der Waals surface area contributed by atoms with Crippen molar-refractivity contribution in [3.63, 3.8) is 0 Å². The molecule has 2 amide bonds. The minimum absolute atomic E-state index is 0.114. The van der Waals surface area contributed by atoms with Gasteiger partial charge < -0.3 is 19.9 Å². The van der Waals surface area contributed by atoms with E-state index in [2.05, 4.69) is 10.2 Å². The van der Waals surface area contributed by atoms with Gasteiger partial charge in [0.15, 0.2) is 0 Å². The zero-order valence-electron chi connectivity index (χ0n) is 17.7. The monoisotopic (exact) mass is 441 g/mol. The van der Waals surface area contributed by atoms with E-state index in [0.717, 1.165) is 43.1 Å². The van der Waals surface area contributed by atoms with E-state index in [0.29, 0.717) is 24.4 Å². The first kappa shape index (κ1) is 21.5. The molecule has 1 aliphatic carbocycles. The number of rotatable bonds is 5. The number of benzene rings is 2. The van der Waals surface area contributed by atoms with Crippen LogP contribution in [0.2, 0.25) is 5.02 Å². The molecule has 1 aliphatic heterocycles. The lowest BCUT2D eigenvalue weighted by molar-refractivity contribution is -0.136. The summed E-state index contributed by atoms with van der Waals surface area (Å²) in [6, 6.07) is 14.7. The first-order valence-corrected chi connectivity index (χ1v) is 11.2. The van der Waals surface area contributed by atoms with Crippen LogP contribution in [0.1, 0.15) is 29.6 Å². The Labute approximate surface area is 188 Å². The van der Waals surface area contributed by atoms with Gasteiger partial charge in [0.1, 0.15) is 5.75 Å². The molecule has 31 heavy (non-hydrogen) atoms. The van der Waals surface area contributed by atoms with Gasteiger partial charge in [0, 0.05) is 48.5 Å². The molecule has 2 fully saturated rings. The highest BCUT2D eigenvalue weighted by atomic mass is 35.5. The van der Waals surface area contributed by atoms with Gasteiger partial charge in [0.05, 0.1) is 13.0 Å². The fourth-order valence-electron chi connectivity index (χ4n) is 4.49. The number of carbonyl (C=O) groups excluding carboxylic acids is 2. The van der Waals surface area contributed by atoms with Crippen molar-refractivity contribution in [3.05, 3.63) is 59.1 Å². The number of nitrogens with one attached hydrogen (secondary N) is 1. The van der Waals surface area contributed by atoms with Gasteiger partial charge in [-0.3, -0.25) is 9.59 Å². The molecule has 2 atom stereocenters. The van der Waals surface area contributed by atoms with Crippen molar-refractivity contribution >= 4 is 29.1 Å². The maximum absolute atomic E-state index is 13.2. The summed E-state index contributed by atoms with van der Waals surface area (Å²) in [7, 11) is 1.60. The van der Waals surface area contributed by atoms with Crippen molar-refractivity contribution in [2.24, 2.45) is 5.92 Å². The van der Waals surface area contributed by atoms with Gasteiger partial charge in [-0.2, -0.15) is 0 Å². The van der Waals surface area contributed by atoms with E-state index in [-0.39, 0.29) is 23.8 Å². The fraction of sp³-hybridized carbons (Fsp3) is 0.417. The molecule has 164 valence electrons. The van der Waals surface area contributed by atoms with E-state index in [1.807, 2.05) is 29.2 Å². The number of methoxy groups -OCH3 is 1. The molecule has 6 nitrogen and oxygen atoms in total. The number of piperazine rings is 1. The molecule has 1 saturated heterocycles. The van der Waals surface area contributed by atoms with Gasteiger partial charge in [0.25, 0.3) is 5.91 Å². The molecule has 0 spiro atoms. The molecule has 0 aromatic heterocycles. The number of halogens is 1. The molecule has 7 heteroatoms. The molecular formula is C24H28ClN3O3. The fourth-order valence-corrected chi connectivity index (χ4v) is 4.62. The van der Waals surface area contributed by atoms with E-state index in [4.69, 9.17) is 16.3 Å². The molecule has 1 saturated carbocycles. The summed E-state index contributed by atoms with van der Waals surface area (Å²) in [4.78, 5) is 30.1. The van der Waals surface area contributed by atoms with Gasteiger partial charge in [-0.05, 0) is 61.4 Å². The summed E-state index contributed by atoms with van der Waals surface area (Å²) in [5.41, 5.74) is 1.71. The molecule has 0 radical (unpaired) electrons. The molecular weight excluding hydrogens is 414 g/mol. The van der Waals surface area contributed by atoms with Crippen LogP contribution in [0.15, 0.2) is 48.5 Å². The number of nitrogens with zero attached hydrogens (tertiary/aromatic N) is 2. The van der Waals surface area contributed by atoms with Crippen LogP contribution in [-0.2, 0) is 4.79 Å². The number of anilines is 1. The van der Waals surface area contributed by atoms with Crippen molar-refractivity contribution in [2.45, 2.75) is 25.3 Å². The third kappa shape index (κ3) is 4.96. The Morgan fingerprint density at radius 3 is 2.29 bits per heavy atom. The Kier molecular flexibility index (Phi) is 6.66. The van der Waals surface area contributed by atoms with Crippen molar-refractivity contribution in [1.29, 1.82) is 0 Å². The van der Waals surface area contributed by atoms with E-state index in [1.54, 1.807) is 31.4 Å². The predicted molar refractivity (Wildman–Crippen MR) is 122 cm³/mol. The number of carbonyl (C=O) groups is 2. The average Bonchev–Trinajstić information content (AvgIpc) is 3.27. The minimum Gasteiger partial charge on any atom is -0.497 e. The minimum atomic E-state index is -0.149. The van der Waals surface area contributed by atoms with Crippen molar-refractivity contribution in [2.75, 3.05) is 38.2 Å². The first-order valence-electron chi connectivity index (χ1n) is 10.8. The normalized spacial score (nSPS) is 21.1. The topological polar surface area (TPSA) is 61.9 Å². The number of amides is 2. The average molecular weight is 442 g/mol. The van der Waals surface area contributed by atoms with Crippen LogP contribution >= 0.6 is 11.6 Å². The summed E-state index contributed by atoms with van der Waals surface area (Å²) >= 11 is 5.98. The summed E-state index contributed by atoms with van der Waals surface area (Å²) in [5, 5.41) is 3.82. The molecule has 4 rings (SSSR count). The van der Waals surface area contributed by atoms with Crippen molar-refractivity contribution in [3.8, 4) is 5.75 Å². The maximum Gasteiger partial charge on any atom is 0.251 e. The van der Waals surface area contributed by atoms with Gasteiger partial charge in [-0.25, -0.2) is 0 Å². The van der Waals surface area contributed by atoms with Crippen LogP contribution in [-0.4, -0.2) is 56.0 Å². The molecule has 1 N–H and O–H groups in total. The van der Waals surface area contributed by atoms with Gasteiger partial charge in [-0.15, -0.1) is 0 Å². The van der Waals surface area contributed by atoms with Gasteiger partial charge in [0.2, 0.25) is 5.91 Å². The second-order valence-electron chi connectivity index (χ2n) is 8.13. The summed E-state index contributed by atoms with van der Waals surface area (Å²) < 4.78 is 5.15. The van der Waals surface area contributed by atoms with Crippen LogP contribution in [0.3, 0.4) is 0 Å². The van der Waals surface area contributed by atoms with Gasteiger partial charge >= 0.3 is 0 Å². The van der Waals surface area contributed by atoms with Gasteiger partial charge in [-0.1, -0.05) is 18.0 Å². The highest BCUT2D eigenvalue weighted by Crippen LogP contribution is 2.29. The largest absolute Gasteiger partial charge is 0.497 e. The highest BCUT2D eigenvalue weighted by molar-refractivity contribution is 6.30. The molecule has 2 aromatic carbocycles. The molecule has 0 bridgehead atoms. The van der Waals surface area contributed by atoms with E-state index < -0.39 is 0 Å². The number of ether oxygens (including phenoxy) is 1. The Hall–Kier alpha value is -2.73. The Bertz CT molecular complexity index is 909. The molecule has 1 heterocycles. The van der Waals surface area contributed by atoms with Crippen LogP contribution in [0.25, 0.3) is 0 Å². The zero-order chi connectivity index (χ0) is 21.8. The number of hydrogen-bond donors (Lipinski definition) is 1. The SMILES string of the molecule is COc1ccc(C(=O)N[C@@H]2CCC[C@@H]2C(=O)N2CCN(c3ccc(Cl)cc3)CC2)cc1. The lowest BCUT2D eigenvalue weighted by Crippen LogP contribution is -2.52. The smallest absolute Gasteiger partial charge is 0.251 e. The Morgan fingerprint density at radius 2 is 1.65 bits per heavy atom. The number of hydrogen-bond acceptors (Lipinski definition) is 4. The molecule has 2 aliphatic rings. The maximum atomic E-state index is 13.2. The molecule has 2 aromatic rings. The zero-order valence-corrected chi connectivity index (χ0v) is 18.5. The van der Waals surface area contributed by atoms with E-state index >= 15 is 0 Å². The Balaban J connectivity index is 1.33. The van der Waals surface area contributed by atoms with Crippen LogP contribution in [0.5, 0.6) is 5.75 Å². The summed E-state index contributed by atoms with van der Waals surface area (Å²) in [6.45, 7) is 2.97. The van der Waals surface area contributed by atoms with Crippen molar-refractivity contribution in [1.82, 2.24) is 10.2 Å². The first-order chi connectivity index (χ1) is 15.0.